The van der Waals surface area contributed by atoms with Gasteiger partial charge in [0.2, 0.25) is 0 Å². The van der Waals surface area contributed by atoms with E-state index in [1.807, 2.05) is 0 Å². The van der Waals surface area contributed by atoms with Crippen LogP contribution in [0.5, 0.6) is 0 Å². The molecule has 8 heavy (non-hydrogen) atoms. The van der Waals surface area contributed by atoms with Gasteiger partial charge in [-0.2, -0.15) is 0 Å². The summed E-state index contributed by atoms with van der Waals surface area (Å²) < 4.78 is 4.54. The molecule has 0 aromatic carbocycles. The maximum absolute atomic E-state index is 9.84. The predicted octanol–water partition coefficient (Wildman–Crippen LogP) is 0.0797. The van der Waals surface area contributed by atoms with Crippen molar-refractivity contribution in [3.8, 4) is 0 Å². The minimum atomic E-state index is -1.46. The first-order valence-electron chi connectivity index (χ1n) is 1.95. The summed E-state index contributed by atoms with van der Waals surface area (Å²) in [6.45, 7) is 0. The van der Waals surface area contributed by atoms with Gasteiger partial charge in [-0.3, -0.25) is 4.79 Å². The molecule has 1 aliphatic heterocycles. The zero-order valence-corrected chi connectivity index (χ0v) is 4.61. The molecule has 0 fully saturated rings. The van der Waals surface area contributed by atoms with E-state index >= 15 is 0 Å². The Balaban J connectivity index is 2.58. The molecule has 1 heterocycles. The summed E-state index contributed by atoms with van der Waals surface area (Å²) in [5, 5.41) is 0.963. The lowest BCUT2D eigenvalue weighted by atomic mass is 10.6. The average Bonchev–Trinajstić information content (AvgIpc) is 2.17. The number of carbonyl (C=O) groups excluding carboxylic acids is 1. The van der Waals surface area contributed by atoms with Crippen LogP contribution in [-0.2, 0) is 9.53 Å². The molecule has 0 aliphatic carbocycles. The number of hydrogen-bond donors (Lipinski definition) is 1. The lowest BCUT2D eigenvalue weighted by Crippen LogP contribution is -2.35. The Morgan fingerprint density at radius 1 is 1.88 bits per heavy atom. The maximum Gasteiger partial charge on any atom is 0.326 e. The molecule has 1 atom stereocenters. The molecular formula is C4H3ClNO2. The molecule has 1 aliphatic rings. The van der Waals surface area contributed by atoms with Crippen LogP contribution in [-0.4, -0.2) is 11.5 Å². The fourth-order valence-corrected chi connectivity index (χ4v) is 0.471. The molecule has 1 unspecified atom stereocenters. The van der Waals surface area contributed by atoms with Crippen molar-refractivity contribution in [3.05, 3.63) is 12.5 Å². The maximum atomic E-state index is 9.84. The molecule has 0 saturated heterocycles. The van der Waals surface area contributed by atoms with Crippen LogP contribution in [0.15, 0.2) is 12.5 Å². The van der Waals surface area contributed by atoms with Crippen LogP contribution in [0.3, 0.4) is 0 Å². The second-order valence-electron chi connectivity index (χ2n) is 1.26. The number of alkyl halides is 1. The highest BCUT2D eigenvalue weighted by Gasteiger charge is 2.30. The van der Waals surface area contributed by atoms with E-state index in [0.717, 1.165) is 0 Å². The van der Waals surface area contributed by atoms with Crippen molar-refractivity contribution in [1.29, 1.82) is 0 Å². The Kier molecular flexibility index (Phi) is 1.13. The van der Waals surface area contributed by atoms with E-state index < -0.39 is 5.18 Å². The third-order valence-electron chi connectivity index (χ3n) is 0.699. The highest BCUT2D eigenvalue weighted by Crippen LogP contribution is 2.14. The minimum absolute atomic E-state index is 1.29. The van der Waals surface area contributed by atoms with E-state index in [-0.39, 0.29) is 0 Å². The van der Waals surface area contributed by atoms with Gasteiger partial charge in [0.1, 0.15) is 6.26 Å². The summed E-state index contributed by atoms with van der Waals surface area (Å²) in [6, 6.07) is 0. The number of ether oxygens (including phenoxy) is 1. The highest BCUT2D eigenvalue weighted by molar-refractivity contribution is 6.30. The van der Waals surface area contributed by atoms with E-state index in [1.165, 1.54) is 18.7 Å². The van der Waals surface area contributed by atoms with Crippen LogP contribution in [0.25, 0.3) is 0 Å². The number of halogens is 1. The van der Waals surface area contributed by atoms with Crippen molar-refractivity contribution in [1.82, 2.24) is 5.32 Å². The molecule has 43 valence electrons. The lowest BCUT2D eigenvalue weighted by molar-refractivity contribution is 0.169. The number of hydrogen-bond acceptors (Lipinski definition) is 3. The molecule has 0 aromatic rings. The van der Waals surface area contributed by atoms with E-state index in [2.05, 4.69) is 10.1 Å². The summed E-state index contributed by atoms with van der Waals surface area (Å²) in [7, 11) is 0. The Labute approximate surface area is 51.3 Å². The molecular weight excluding hydrogens is 130 g/mol. The van der Waals surface area contributed by atoms with Crippen LogP contribution < -0.4 is 5.32 Å². The van der Waals surface area contributed by atoms with Crippen LogP contribution >= 0.6 is 11.6 Å². The summed E-state index contributed by atoms with van der Waals surface area (Å²) in [5.74, 6) is 0. The van der Waals surface area contributed by atoms with Gasteiger partial charge >= 0.3 is 5.18 Å². The molecule has 0 bridgehead atoms. The van der Waals surface area contributed by atoms with E-state index in [4.69, 9.17) is 11.6 Å². The summed E-state index contributed by atoms with van der Waals surface area (Å²) in [4.78, 5) is 9.84. The zero-order valence-electron chi connectivity index (χ0n) is 3.85. The van der Waals surface area contributed by atoms with Gasteiger partial charge in [0.25, 0.3) is 6.29 Å². The summed E-state index contributed by atoms with van der Waals surface area (Å²) in [6.07, 6.45) is 4.18. The van der Waals surface area contributed by atoms with Gasteiger partial charge in [-0.15, -0.1) is 0 Å². The average molecular weight is 133 g/mol. The van der Waals surface area contributed by atoms with Crippen molar-refractivity contribution < 1.29 is 9.53 Å². The summed E-state index contributed by atoms with van der Waals surface area (Å²) in [5.41, 5.74) is 0. The number of nitrogens with one attached hydrogen (secondary N) is 1. The first-order valence-corrected chi connectivity index (χ1v) is 2.33. The van der Waals surface area contributed by atoms with Crippen LogP contribution in [0.2, 0.25) is 0 Å². The van der Waals surface area contributed by atoms with Gasteiger partial charge < -0.3 is 10.1 Å². The largest absolute Gasteiger partial charge is 0.454 e. The second kappa shape index (κ2) is 1.67. The highest BCUT2D eigenvalue weighted by atomic mass is 35.5. The molecule has 0 aromatic heterocycles. The van der Waals surface area contributed by atoms with Gasteiger partial charge in [0, 0.05) is 6.20 Å². The zero-order chi connectivity index (χ0) is 6.04. The predicted molar refractivity (Wildman–Crippen MR) is 27.6 cm³/mol. The van der Waals surface area contributed by atoms with E-state index in [1.54, 1.807) is 0 Å². The van der Waals surface area contributed by atoms with Crippen LogP contribution in [0.1, 0.15) is 0 Å². The van der Waals surface area contributed by atoms with Crippen molar-refractivity contribution in [2.45, 2.75) is 5.18 Å². The fourth-order valence-electron chi connectivity index (χ4n) is 0.357. The Morgan fingerprint density at radius 2 is 2.62 bits per heavy atom. The lowest BCUT2D eigenvalue weighted by Gasteiger charge is -2.10. The Bertz CT molecular complexity index is 126. The van der Waals surface area contributed by atoms with E-state index in [9.17, 15) is 4.79 Å². The van der Waals surface area contributed by atoms with Gasteiger partial charge in [0.05, 0.1) is 0 Å². The minimum Gasteiger partial charge on any atom is -0.454 e. The second-order valence-corrected chi connectivity index (χ2v) is 1.79. The molecule has 0 amide bonds. The summed E-state index contributed by atoms with van der Waals surface area (Å²) >= 11 is 5.34. The molecule has 1 radical (unpaired) electrons. The molecule has 1 rings (SSSR count). The van der Waals surface area contributed by atoms with Crippen molar-refractivity contribution in [2.75, 3.05) is 0 Å². The molecule has 3 nitrogen and oxygen atoms in total. The molecule has 4 heteroatoms. The van der Waals surface area contributed by atoms with Crippen molar-refractivity contribution >= 4 is 17.9 Å². The first-order chi connectivity index (χ1) is 3.77. The van der Waals surface area contributed by atoms with Crippen molar-refractivity contribution in [3.63, 3.8) is 0 Å². The van der Waals surface area contributed by atoms with Gasteiger partial charge in [-0.25, -0.2) is 0 Å². The molecule has 0 spiro atoms. The third-order valence-corrected chi connectivity index (χ3v) is 0.974. The van der Waals surface area contributed by atoms with Gasteiger partial charge in [0.15, 0.2) is 0 Å². The Morgan fingerprint density at radius 3 is 2.88 bits per heavy atom. The SMILES string of the molecule is O=[C]C1(Cl)NC=CO1. The monoisotopic (exact) mass is 132 g/mol. The smallest absolute Gasteiger partial charge is 0.326 e. The molecule has 0 saturated carbocycles. The van der Waals surface area contributed by atoms with Gasteiger partial charge in [-0.05, 0) is 11.6 Å². The topological polar surface area (TPSA) is 38.3 Å². The first kappa shape index (κ1) is 5.44. The third kappa shape index (κ3) is 0.767. The van der Waals surface area contributed by atoms with E-state index in [0.29, 0.717) is 0 Å². The van der Waals surface area contributed by atoms with Crippen LogP contribution in [0.4, 0.5) is 0 Å². The fraction of sp³-hybridized carbons (Fsp3) is 0.250. The van der Waals surface area contributed by atoms with Crippen molar-refractivity contribution in [2.24, 2.45) is 0 Å². The Hall–Kier alpha value is -0.700. The molecule has 1 N–H and O–H groups in total. The standard InChI is InChI=1S/C4H3ClNO2/c5-4(3-7)6-1-2-8-4/h1-2,6H. The quantitative estimate of drug-likeness (QED) is 0.406. The number of rotatable bonds is 1. The van der Waals surface area contributed by atoms with Crippen LogP contribution in [0, 0.1) is 0 Å². The van der Waals surface area contributed by atoms with Gasteiger partial charge in [-0.1, -0.05) is 0 Å². The normalized spacial score (nSPS) is 33.6.